The van der Waals surface area contributed by atoms with Gasteiger partial charge in [0, 0.05) is 20.7 Å². The molecule has 0 aliphatic carbocycles. The van der Waals surface area contributed by atoms with Gasteiger partial charge in [0.25, 0.3) is 0 Å². The Bertz CT molecular complexity index is 395. The van der Waals surface area contributed by atoms with Crippen molar-refractivity contribution < 1.29 is 4.74 Å². The fraction of sp³-hybridized carbons (Fsp3) is 0.667. The van der Waals surface area contributed by atoms with Crippen LogP contribution in [0.15, 0.2) is 36.7 Å². The van der Waals surface area contributed by atoms with Crippen LogP contribution in [-0.4, -0.2) is 42.4 Å². The van der Waals surface area contributed by atoms with Crippen LogP contribution in [0.2, 0.25) is 0 Å². The van der Waals surface area contributed by atoms with E-state index in [-0.39, 0.29) is 11.8 Å². The molecule has 0 bridgehead atoms. The third kappa shape index (κ3) is 4.62. The molecule has 1 saturated heterocycles. The van der Waals surface area contributed by atoms with Crippen LogP contribution in [0.4, 0.5) is 0 Å². The van der Waals surface area contributed by atoms with Crippen LogP contribution in [0.1, 0.15) is 46.5 Å². The Morgan fingerprint density at radius 3 is 2.64 bits per heavy atom. The molecule has 1 fully saturated rings. The summed E-state index contributed by atoms with van der Waals surface area (Å²) >= 11 is 0. The predicted molar refractivity (Wildman–Crippen MR) is 94.0 cm³/mol. The first-order chi connectivity index (χ1) is 10.5. The summed E-state index contributed by atoms with van der Waals surface area (Å²) in [6.45, 7) is 11.3. The number of allylic oxidation sites excluding steroid dienone is 3. The second kappa shape index (κ2) is 9.01. The molecule has 0 aromatic rings. The summed E-state index contributed by atoms with van der Waals surface area (Å²) in [6, 6.07) is 0. The molecule has 1 heterocycles. The van der Waals surface area contributed by atoms with Crippen molar-refractivity contribution in [2.45, 2.75) is 58.2 Å². The Morgan fingerprint density at radius 1 is 1.41 bits per heavy atom. The quantitative estimate of drug-likeness (QED) is 0.547. The molecule has 1 N–H and O–H groups in total. The maximum absolute atomic E-state index is 5.97. The predicted octanol–water partition coefficient (Wildman–Crippen LogP) is 3.65. The number of hydrazine groups is 1. The average Bonchev–Trinajstić information content (AvgIpc) is 2.53. The van der Waals surface area contributed by atoms with Crippen molar-refractivity contribution in [2.24, 2.45) is 0 Å². The highest BCUT2D eigenvalue weighted by atomic mass is 16.5. The topological polar surface area (TPSA) is 27.7 Å². The first-order valence-electron chi connectivity index (χ1n) is 8.30. The van der Waals surface area contributed by atoms with Crippen molar-refractivity contribution in [3.63, 3.8) is 0 Å². The lowest BCUT2D eigenvalue weighted by atomic mass is 9.96. The Morgan fingerprint density at radius 2 is 2.14 bits per heavy atom. The zero-order valence-electron chi connectivity index (χ0n) is 14.9. The number of hydrogen-bond acceptors (Lipinski definition) is 4. The van der Waals surface area contributed by atoms with E-state index in [9.17, 15) is 0 Å². The molecule has 0 aromatic heterocycles. The van der Waals surface area contributed by atoms with Gasteiger partial charge in [0.05, 0.1) is 11.2 Å². The van der Waals surface area contributed by atoms with Crippen molar-refractivity contribution in [2.75, 3.05) is 20.7 Å². The molecular weight excluding hydrogens is 274 g/mol. The average molecular weight is 307 g/mol. The molecule has 1 rings (SSSR count). The van der Waals surface area contributed by atoms with Crippen LogP contribution in [-0.2, 0) is 4.74 Å². The van der Waals surface area contributed by atoms with Gasteiger partial charge in [-0.15, -0.1) is 0 Å². The van der Waals surface area contributed by atoms with E-state index in [0.29, 0.717) is 0 Å². The summed E-state index contributed by atoms with van der Waals surface area (Å²) in [5, 5.41) is 2.15. The fourth-order valence-corrected chi connectivity index (χ4v) is 2.67. The summed E-state index contributed by atoms with van der Waals surface area (Å²) in [5.41, 5.74) is 4.29. The van der Waals surface area contributed by atoms with E-state index in [1.165, 1.54) is 6.42 Å². The maximum Gasteiger partial charge on any atom is 0.143 e. The first kappa shape index (κ1) is 18.8. The largest absolute Gasteiger partial charge is 0.370 e. The third-order valence-electron chi connectivity index (χ3n) is 4.29. The number of ether oxygens (including phenoxy) is 1. The highest BCUT2D eigenvalue weighted by Gasteiger charge is 2.34. The van der Waals surface area contributed by atoms with Gasteiger partial charge in [-0.3, -0.25) is 5.01 Å². The Labute approximate surface area is 136 Å². The normalized spacial score (nSPS) is 20.2. The second-order valence-corrected chi connectivity index (χ2v) is 6.17. The van der Waals surface area contributed by atoms with Gasteiger partial charge in [0.2, 0.25) is 0 Å². The fourth-order valence-electron chi connectivity index (χ4n) is 2.67. The minimum absolute atomic E-state index is 0.0766. The lowest BCUT2D eigenvalue weighted by Crippen LogP contribution is -2.54. The van der Waals surface area contributed by atoms with E-state index < -0.39 is 0 Å². The molecule has 1 aliphatic heterocycles. The van der Waals surface area contributed by atoms with Crippen LogP contribution < -0.4 is 5.43 Å². The van der Waals surface area contributed by atoms with Crippen LogP contribution in [0.25, 0.3) is 0 Å². The molecule has 1 aliphatic rings. The van der Waals surface area contributed by atoms with Gasteiger partial charge in [-0.2, -0.15) is 0 Å². The molecule has 126 valence electrons. The lowest BCUT2D eigenvalue weighted by molar-refractivity contribution is -0.0961. The van der Waals surface area contributed by atoms with Gasteiger partial charge in [-0.05, 0) is 51.8 Å². The molecule has 4 heteroatoms. The van der Waals surface area contributed by atoms with Crippen molar-refractivity contribution in [3.8, 4) is 0 Å². The second-order valence-electron chi connectivity index (χ2n) is 6.17. The maximum atomic E-state index is 5.97. The third-order valence-corrected chi connectivity index (χ3v) is 4.29. The Hall–Kier alpha value is -1.26. The lowest BCUT2D eigenvalue weighted by Gasteiger charge is -2.45. The summed E-state index contributed by atoms with van der Waals surface area (Å²) < 4.78 is 5.97. The highest BCUT2D eigenvalue weighted by Crippen LogP contribution is 2.29. The van der Waals surface area contributed by atoms with Gasteiger partial charge in [-0.25, -0.2) is 5.43 Å². The zero-order chi connectivity index (χ0) is 16.6. The number of nitrogens with zero attached hydrogens (tertiary/aromatic N) is 2. The summed E-state index contributed by atoms with van der Waals surface area (Å²) in [7, 11) is 4.06. The van der Waals surface area contributed by atoms with Gasteiger partial charge in [0.15, 0.2) is 0 Å². The highest BCUT2D eigenvalue weighted by molar-refractivity contribution is 5.22. The molecule has 0 saturated carbocycles. The van der Waals surface area contributed by atoms with E-state index in [1.807, 2.05) is 13.1 Å². The van der Waals surface area contributed by atoms with E-state index in [4.69, 9.17) is 4.74 Å². The smallest absolute Gasteiger partial charge is 0.143 e. The molecular formula is C18H33N3O. The van der Waals surface area contributed by atoms with Crippen molar-refractivity contribution in [1.82, 2.24) is 15.3 Å². The van der Waals surface area contributed by atoms with Crippen molar-refractivity contribution in [1.29, 1.82) is 0 Å². The molecule has 4 nitrogen and oxygen atoms in total. The van der Waals surface area contributed by atoms with E-state index in [1.54, 1.807) is 0 Å². The van der Waals surface area contributed by atoms with E-state index >= 15 is 0 Å². The summed E-state index contributed by atoms with van der Waals surface area (Å²) in [4.78, 5) is 2.24. The molecule has 22 heavy (non-hydrogen) atoms. The molecule has 0 aromatic carbocycles. The van der Waals surface area contributed by atoms with Crippen molar-refractivity contribution in [3.05, 3.63) is 36.7 Å². The summed E-state index contributed by atoms with van der Waals surface area (Å²) in [6.07, 6.45) is 12.7. The standard InChI is InChI=1S/C18H33N3O/c1-7-9-14-20(6)18(3,4)16(12-8-2)21(19-5)17-13-10-11-15-22-17/h8-9,12,14,17,19H,2,7,10-11,13,15H2,1,3-6H3/b14-9-,16-12+. The minimum Gasteiger partial charge on any atom is -0.370 e. The van der Waals surface area contributed by atoms with Crippen LogP contribution >= 0.6 is 0 Å². The Kier molecular flexibility index (Phi) is 7.69. The monoisotopic (exact) mass is 307 g/mol. The SMILES string of the molecule is C=C/C=C(/N(NC)C1CCCCO1)C(C)(C)N(C)/C=C\CC. The van der Waals surface area contributed by atoms with Crippen LogP contribution in [0.3, 0.4) is 0 Å². The van der Waals surface area contributed by atoms with Crippen molar-refractivity contribution >= 4 is 0 Å². The van der Waals surface area contributed by atoms with Crippen LogP contribution in [0.5, 0.6) is 0 Å². The first-order valence-corrected chi connectivity index (χ1v) is 8.30. The number of nitrogens with one attached hydrogen (secondary N) is 1. The molecule has 1 atom stereocenters. The van der Waals surface area contributed by atoms with Gasteiger partial charge >= 0.3 is 0 Å². The van der Waals surface area contributed by atoms with Gasteiger partial charge in [-0.1, -0.05) is 25.7 Å². The van der Waals surface area contributed by atoms with Crippen LogP contribution in [0, 0.1) is 0 Å². The van der Waals surface area contributed by atoms with E-state index in [2.05, 4.69) is 68.1 Å². The van der Waals surface area contributed by atoms with Gasteiger partial charge < -0.3 is 9.64 Å². The number of hydrogen-bond donors (Lipinski definition) is 1. The number of rotatable bonds is 8. The Balaban J connectivity index is 3.05. The molecule has 0 spiro atoms. The minimum atomic E-state index is -0.177. The molecule has 1 unspecified atom stereocenters. The number of likely N-dealkylation sites (N-methyl/N-ethyl adjacent to an activating group) is 1. The van der Waals surface area contributed by atoms with Gasteiger partial charge in [0.1, 0.15) is 6.23 Å². The zero-order valence-corrected chi connectivity index (χ0v) is 14.9. The molecule has 0 amide bonds. The summed E-state index contributed by atoms with van der Waals surface area (Å²) in [5.74, 6) is 0. The molecule has 0 radical (unpaired) electrons. The van der Waals surface area contributed by atoms with E-state index in [0.717, 1.165) is 31.6 Å².